The molecule has 1 aromatic rings. The largest absolute Gasteiger partial charge is 0.464 e. The van der Waals surface area contributed by atoms with Gasteiger partial charge in [0.25, 0.3) is 0 Å². The summed E-state index contributed by atoms with van der Waals surface area (Å²) >= 11 is 0. The summed E-state index contributed by atoms with van der Waals surface area (Å²) in [4.78, 5) is 1.58. The Morgan fingerprint density at radius 2 is 1.95 bits per heavy atom. The Labute approximate surface area is 120 Å². The van der Waals surface area contributed by atoms with Crippen LogP contribution < -0.4 is 4.90 Å². The van der Waals surface area contributed by atoms with Gasteiger partial charge in [0.1, 0.15) is 0 Å². The summed E-state index contributed by atoms with van der Waals surface area (Å²) in [5.41, 5.74) is 2.36. The Morgan fingerprint density at radius 1 is 1.20 bits per heavy atom. The summed E-state index contributed by atoms with van der Waals surface area (Å²) in [6.45, 7) is 3.62. The maximum absolute atomic E-state index is 12.6. The highest BCUT2D eigenvalue weighted by atomic mass is 32.2. The Hall–Kier alpha value is -0.950. The maximum Gasteiger partial charge on any atom is 0.243 e. The molecule has 2 heterocycles. The summed E-state index contributed by atoms with van der Waals surface area (Å²) in [5.74, 6) is 0. The first-order chi connectivity index (χ1) is 9.57. The highest BCUT2D eigenvalue weighted by Gasteiger charge is 2.27. The van der Waals surface area contributed by atoms with Crippen molar-refractivity contribution in [1.82, 2.24) is 4.31 Å². The predicted octanol–water partition coefficient (Wildman–Crippen LogP) is -0.560. The lowest BCUT2D eigenvalue weighted by Crippen LogP contribution is -3.06. The number of morpholine rings is 1. The van der Waals surface area contributed by atoms with E-state index in [1.54, 1.807) is 6.07 Å². The maximum atomic E-state index is 12.6. The second-order valence-electron chi connectivity index (χ2n) is 5.37. The molecule has 0 spiro atoms. The molecule has 20 heavy (non-hydrogen) atoms. The number of benzene rings is 1. The van der Waals surface area contributed by atoms with Crippen molar-refractivity contribution in [3.63, 3.8) is 0 Å². The molecule has 2 aliphatic rings. The monoisotopic (exact) mass is 296 g/mol. The molecule has 6 heteroatoms. The molecule has 1 saturated heterocycles. The summed E-state index contributed by atoms with van der Waals surface area (Å²) in [7, 11) is 0.629. The van der Waals surface area contributed by atoms with Gasteiger partial charge in [-0.25, -0.2) is 8.42 Å². The van der Waals surface area contributed by atoms with Crippen molar-refractivity contribution in [1.29, 1.82) is 0 Å². The molecule has 1 aromatic carbocycles. The smallest absolute Gasteiger partial charge is 0.243 e. The van der Waals surface area contributed by atoms with Gasteiger partial charge < -0.3 is 9.64 Å². The molecule has 0 saturated carbocycles. The van der Waals surface area contributed by atoms with Gasteiger partial charge >= 0.3 is 0 Å². The second-order valence-corrected chi connectivity index (χ2v) is 7.31. The molecule has 2 aliphatic heterocycles. The topological polar surface area (TPSA) is 51.0 Å². The van der Waals surface area contributed by atoms with Crippen LogP contribution in [0.25, 0.3) is 0 Å². The first-order valence-corrected chi connectivity index (χ1v) is 8.38. The second kappa shape index (κ2) is 5.44. The number of rotatable bonds is 2. The van der Waals surface area contributed by atoms with Gasteiger partial charge in [-0.3, -0.25) is 0 Å². The molecular weight excluding hydrogens is 276 g/mol. The van der Waals surface area contributed by atoms with Crippen LogP contribution in [0.4, 0.5) is 0 Å². The zero-order valence-corrected chi connectivity index (χ0v) is 12.3. The number of hydrogen-bond donors (Lipinski definition) is 1. The summed E-state index contributed by atoms with van der Waals surface area (Å²) in [6.07, 6.45) is 0.964. The van der Waals surface area contributed by atoms with E-state index >= 15 is 0 Å². The van der Waals surface area contributed by atoms with E-state index in [2.05, 4.69) is 7.05 Å². The molecule has 1 N–H and O–H groups in total. The van der Waals surface area contributed by atoms with Gasteiger partial charge in [0.05, 0.1) is 31.2 Å². The van der Waals surface area contributed by atoms with Crippen LogP contribution in [0.3, 0.4) is 0 Å². The van der Waals surface area contributed by atoms with E-state index in [9.17, 15) is 8.42 Å². The lowest BCUT2D eigenvalue weighted by atomic mass is 10.0. The molecule has 0 radical (unpaired) electrons. The molecule has 1 unspecified atom stereocenters. The predicted molar refractivity (Wildman–Crippen MR) is 74.6 cm³/mol. The summed E-state index contributed by atoms with van der Waals surface area (Å²) in [5, 5.41) is 0. The highest BCUT2D eigenvalue weighted by Crippen LogP contribution is 2.21. The van der Waals surface area contributed by atoms with Crippen molar-refractivity contribution in [2.45, 2.75) is 17.9 Å². The molecular formula is C14H20N2O3S. The Bertz CT molecular complexity index is 594. The van der Waals surface area contributed by atoms with E-state index in [-0.39, 0.29) is 0 Å². The number of ether oxygens (including phenoxy) is 1. The molecule has 3 rings (SSSR count). The fourth-order valence-corrected chi connectivity index (χ4v) is 4.24. The number of quaternary nitrogens is 1. The third-order valence-corrected chi connectivity index (χ3v) is 5.87. The molecule has 0 aromatic heterocycles. The van der Waals surface area contributed by atoms with Crippen LogP contribution in [0.2, 0.25) is 0 Å². The molecule has 0 aliphatic carbocycles. The van der Waals surface area contributed by atoms with E-state index < -0.39 is 10.0 Å². The van der Waals surface area contributed by atoms with Crippen molar-refractivity contribution in [2.24, 2.45) is 0 Å². The minimum absolute atomic E-state index is 0.396. The molecule has 1 atom stereocenters. The molecule has 1 fully saturated rings. The third kappa shape index (κ3) is 2.61. The normalized spacial score (nSPS) is 24.4. The zero-order chi connectivity index (χ0) is 14.2. The van der Waals surface area contributed by atoms with E-state index in [1.807, 2.05) is 12.1 Å². The molecule has 110 valence electrons. The number of hydrogen-bond acceptors (Lipinski definition) is 3. The highest BCUT2D eigenvalue weighted by molar-refractivity contribution is 7.89. The van der Waals surface area contributed by atoms with Crippen LogP contribution in [-0.4, -0.2) is 45.6 Å². The van der Waals surface area contributed by atoms with Gasteiger partial charge in [0.15, 0.2) is 0 Å². The van der Waals surface area contributed by atoms with Crippen LogP contribution in [0, 0.1) is 7.05 Å². The minimum Gasteiger partial charge on any atom is -0.464 e. The summed E-state index contributed by atoms with van der Waals surface area (Å²) < 4.78 is 31.9. The van der Waals surface area contributed by atoms with Crippen molar-refractivity contribution in [2.75, 3.05) is 32.8 Å². The number of fused-ring (bicyclic) bond motifs is 1. The van der Waals surface area contributed by atoms with E-state index in [4.69, 9.17) is 4.74 Å². The molecule has 0 amide bonds. The first-order valence-electron chi connectivity index (χ1n) is 6.94. The average Bonchev–Trinajstić information content (AvgIpc) is 2.47. The van der Waals surface area contributed by atoms with Crippen molar-refractivity contribution in [3.8, 4) is 0 Å². The number of nitrogens with one attached hydrogen (secondary N) is 1. The van der Waals surface area contributed by atoms with Crippen molar-refractivity contribution < 1.29 is 18.1 Å². The number of nitrogens with zero attached hydrogens (tertiary/aromatic N) is 1. The van der Waals surface area contributed by atoms with Crippen LogP contribution in [0.5, 0.6) is 0 Å². The van der Waals surface area contributed by atoms with E-state index in [0.29, 0.717) is 31.2 Å². The van der Waals surface area contributed by atoms with Gasteiger partial charge in [-0.15, -0.1) is 0 Å². The average molecular weight is 296 g/mol. The van der Waals surface area contributed by atoms with Gasteiger partial charge in [0.2, 0.25) is 10.0 Å². The van der Waals surface area contributed by atoms with Crippen LogP contribution >= 0.6 is 0 Å². The van der Waals surface area contributed by atoms with Gasteiger partial charge in [-0.1, -0.05) is 6.07 Å². The molecule has 0 bridgehead atoms. The summed E-state index contributed by atoms with van der Waals surface area (Å²) in [6, 6.07) is 5.51. The van der Waals surface area contributed by atoms with E-state index in [1.165, 1.54) is 14.8 Å². The van der Waals surface area contributed by atoms with Crippen LogP contribution in [-0.2, 0) is 27.7 Å². The third-order valence-electron chi connectivity index (χ3n) is 3.97. The zero-order valence-electron chi connectivity index (χ0n) is 11.5. The SMILES string of the molecule is [CH2-][NH+]1CCc2ccc(S(=O)(=O)N3CCOCC3)cc2C1. The molecule has 5 nitrogen and oxygen atoms in total. The Kier molecular flexibility index (Phi) is 3.81. The van der Waals surface area contributed by atoms with E-state index in [0.717, 1.165) is 25.1 Å². The Balaban J connectivity index is 1.91. The van der Waals surface area contributed by atoms with Gasteiger partial charge in [-0.2, -0.15) is 11.4 Å². The minimum atomic E-state index is -3.39. The van der Waals surface area contributed by atoms with Crippen LogP contribution in [0.1, 0.15) is 11.1 Å². The van der Waals surface area contributed by atoms with Gasteiger partial charge in [-0.05, 0) is 17.7 Å². The standard InChI is InChI=1S/C14H20N2O3S/c1-15-5-4-12-2-3-14(10-13(12)11-15)20(17,18)16-6-8-19-9-7-16/h2-3,10,15H,1,4-9,11H2. The Morgan fingerprint density at radius 3 is 2.70 bits per heavy atom. The lowest BCUT2D eigenvalue weighted by Gasteiger charge is -2.29. The van der Waals surface area contributed by atoms with Crippen molar-refractivity contribution in [3.05, 3.63) is 36.4 Å². The van der Waals surface area contributed by atoms with Crippen LogP contribution in [0.15, 0.2) is 23.1 Å². The fraction of sp³-hybridized carbons (Fsp3) is 0.500. The fourth-order valence-electron chi connectivity index (χ4n) is 2.78. The van der Waals surface area contributed by atoms with Gasteiger partial charge in [0, 0.05) is 25.1 Å². The first kappa shape index (κ1) is 14.0. The van der Waals surface area contributed by atoms with Crippen molar-refractivity contribution >= 4 is 10.0 Å². The lowest BCUT2D eigenvalue weighted by molar-refractivity contribution is -0.870. The number of sulfonamides is 1. The quantitative estimate of drug-likeness (QED) is 0.745.